The largest absolute Gasteiger partial charge is 0.310 e. The van der Waals surface area contributed by atoms with Crippen LogP contribution < -0.4 is 5.32 Å². The van der Waals surface area contributed by atoms with Gasteiger partial charge >= 0.3 is 0 Å². The van der Waals surface area contributed by atoms with Crippen LogP contribution in [-0.4, -0.2) is 11.5 Å². The van der Waals surface area contributed by atoms with E-state index >= 15 is 0 Å². The highest BCUT2D eigenvalue weighted by atomic mass is 19.1. The maximum Gasteiger partial charge on any atom is 0.269 e. The Balaban J connectivity index is 2.35. The lowest BCUT2D eigenvalue weighted by Gasteiger charge is -2.10. The normalized spacial score (nSPS) is 20.5. The third-order valence-corrected chi connectivity index (χ3v) is 2.63. The number of nitro benzene ring substituents is 1. The highest BCUT2D eigenvalue weighted by Crippen LogP contribution is 2.28. The third-order valence-electron chi connectivity index (χ3n) is 2.63. The number of hydrogen-bond donors (Lipinski definition) is 1. The lowest BCUT2D eigenvalue weighted by atomic mass is 10.0. The van der Waals surface area contributed by atoms with Crippen LogP contribution in [0.4, 0.5) is 10.1 Å². The van der Waals surface area contributed by atoms with Crippen molar-refractivity contribution in [3.63, 3.8) is 0 Å². The van der Waals surface area contributed by atoms with Crippen LogP contribution in [0.3, 0.4) is 0 Å². The molecule has 5 heteroatoms. The molecule has 0 amide bonds. The van der Waals surface area contributed by atoms with E-state index in [2.05, 4.69) is 5.32 Å². The number of nitrogens with zero attached hydrogens (tertiary/aromatic N) is 1. The van der Waals surface area contributed by atoms with E-state index in [1.54, 1.807) is 0 Å². The minimum absolute atomic E-state index is 0.0555. The minimum atomic E-state index is -0.502. The first-order chi connectivity index (χ1) is 7.18. The van der Waals surface area contributed by atoms with E-state index in [-0.39, 0.29) is 17.5 Å². The number of nitrogens with one attached hydrogen (secondary N) is 1. The fraction of sp³-hybridized carbons (Fsp3) is 0.400. The van der Waals surface area contributed by atoms with E-state index in [0.29, 0.717) is 5.56 Å². The van der Waals surface area contributed by atoms with Crippen molar-refractivity contribution in [2.75, 3.05) is 6.54 Å². The molecule has 0 bridgehead atoms. The number of benzene rings is 1. The molecule has 1 aliphatic rings. The van der Waals surface area contributed by atoms with Crippen LogP contribution in [0.5, 0.6) is 0 Å². The summed E-state index contributed by atoms with van der Waals surface area (Å²) in [5, 5.41) is 13.7. The molecule has 1 aromatic rings. The summed E-state index contributed by atoms with van der Waals surface area (Å²) in [5.74, 6) is -0.375. The van der Waals surface area contributed by atoms with Gasteiger partial charge in [0.25, 0.3) is 5.69 Å². The molecule has 4 nitrogen and oxygen atoms in total. The van der Waals surface area contributed by atoms with Crippen LogP contribution >= 0.6 is 0 Å². The second kappa shape index (κ2) is 3.94. The molecule has 0 aliphatic carbocycles. The lowest BCUT2D eigenvalue weighted by molar-refractivity contribution is -0.385. The summed E-state index contributed by atoms with van der Waals surface area (Å²) in [7, 11) is 0. The van der Waals surface area contributed by atoms with Gasteiger partial charge in [-0.1, -0.05) is 0 Å². The minimum Gasteiger partial charge on any atom is -0.310 e. The Morgan fingerprint density at radius 1 is 1.53 bits per heavy atom. The fourth-order valence-corrected chi connectivity index (χ4v) is 1.86. The van der Waals surface area contributed by atoms with E-state index in [1.807, 2.05) is 0 Å². The number of rotatable bonds is 2. The molecule has 1 N–H and O–H groups in total. The molecule has 0 saturated carbocycles. The quantitative estimate of drug-likeness (QED) is 0.601. The van der Waals surface area contributed by atoms with Crippen LogP contribution in [0.1, 0.15) is 24.4 Å². The Labute approximate surface area is 86.3 Å². The average Bonchev–Trinajstić information content (AvgIpc) is 2.71. The predicted molar refractivity (Wildman–Crippen MR) is 53.0 cm³/mol. The van der Waals surface area contributed by atoms with Crippen LogP contribution in [0.25, 0.3) is 0 Å². The number of hydrogen-bond acceptors (Lipinski definition) is 3. The van der Waals surface area contributed by atoms with Gasteiger partial charge < -0.3 is 5.32 Å². The third kappa shape index (κ3) is 1.97. The van der Waals surface area contributed by atoms with Gasteiger partial charge in [-0.25, -0.2) is 4.39 Å². The van der Waals surface area contributed by atoms with Gasteiger partial charge in [0.15, 0.2) is 0 Å². The van der Waals surface area contributed by atoms with Crippen molar-refractivity contribution in [2.24, 2.45) is 0 Å². The van der Waals surface area contributed by atoms with Gasteiger partial charge in [0, 0.05) is 23.7 Å². The molecule has 1 heterocycles. The summed E-state index contributed by atoms with van der Waals surface area (Å²) < 4.78 is 13.4. The van der Waals surface area contributed by atoms with Crippen molar-refractivity contribution in [1.82, 2.24) is 5.32 Å². The highest BCUT2D eigenvalue weighted by Gasteiger charge is 2.21. The van der Waals surface area contributed by atoms with Crippen molar-refractivity contribution in [3.05, 3.63) is 39.7 Å². The topological polar surface area (TPSA) is 55.2 Å². The predicted octanol–water partition coefficient (Wildman–Crippen LogP) is 2.16. The van der Waals surface area contributed by atoms with E-state index < -0.39 is 4.92 Å². The Kier molecular flexibility index (Phi) is 2.64. The van der Waals surface area contributed by atoms with Crippen molar-refractivity contribution >= 4 is 5.69 Å². The van der Waals surface area contributed by atoms with Gasteiger partial charge in [-0.15, -0.1) is 0 Å². The lowest BCUT2D eigenvalue weighted by Crippen LogP contribution is -2.14. The SMILES string of the molecule is O=[N+]([O-])c1ccc(F)c([C@@H]2CCCN2)c1. The zero-order valence-electron chi connectivity index (χ0n) is 8.07. The molecule has 1 aromatic carbocycles. The number of non-ortho nitro benzene ring substituents is 1. The zero-order valence-corrected chi connectivity index (χ0v) is 8.07. The first-order valence-electron chi connectivity index (χ1n) is 4.85. The van der Waals surface area contributed by atoms with E-state index in [4.69, 9.17) is 0 Å². The molecule has 80 valence electrons. The van der Waals surface area contributed by atoms with Crippen LogP contribution in [0.2, 0.25) is 0 Å². The van der Waals surface area contributed by atoms with Gasteiger partial charge in [-0.05, 0) is 25.5 Å². The molecule has 0 radical (unpaired) electrons. The highest BCUT2D eigenvalue weighted by molar-refractivity contribution is 5.37. The summed E-state index contributed by atoms with van der Waals surface area (Å²) >= 11 is 0. The Bertz CT molecular complexity index is 389. The van der Waals surface area contributed by atoms with Crippen molar-refractivity contribution in [2.45, 2.75) is 18.9 Å². The molecule has 15 heavy (non-hydrogen) atoms. The van der Waals surface area contributed by atoms with Crippen LogP contribution in [-0.2, 0) is 0 Å². The van der Waals surface area contributed by atoms with E-state index in [1.165, 1.54) is 12.1 Å². The molecule has 1 fully saturated rings. The summed E-state index contributed by atoms with van der Waals surface area (Å²) in [4.78, 5) is 10.0. The van der Waals surface area contributed by atoms with E-state index in [9.17, 15) is 14.5 Å². The second-order valence-electron chi connectivity index (χ2n) is 3.61. The molecule has 1 atom stereocenters. The standard InChI is InChI=1S/C10H11FN2O2/c11-9-4-3-7(13(14)15)6-8(9)10-2-1-5-12-10/h3-4,6,10,12H,1-2,5H2/t10-/m0/s1. The molecule has 1 saturated heterocycles. The summed E-state index contributed by atoms with van der Waals surface area (Å²) in [6, 6.07) is 3.59. The molecule has 0 spiro atoms. The average molecular weight is 210 g/mol. The first-order valence-corrected chi connectivity index (χ1v) is 4.85. The van der Waals surface area contributed by atoms with Gasteiger partial charge in [0.2, 0.25) is 0 Å². The van der Waals surface area contributed by atoms with Gasteiger partial charge in [0.1, 0.15) is 5.82 Å². The molecular formula is C10H11FN2O2. The second-order valence-corrected chi connectivity index (χ2v) is 3.61. The molecular weight excluding hydrogens is 199 g/mol. The van der Waals surface area contributed by atoms with Crippen LogP contribution in [0, 0.1) is 15.9 Å². The first kappa shape index (κ1) is 10.0. The van der Waals surface area contributed by atoms with Crippen LogP contribution in [0.15, 0.2) is 18.2 Å². The maximum atomic E-state index is 13.4. The van der Waals surface area contributed by atoms with E-state index in [0.717, 1.165) is 25.5 Å². The molecule has 0 aromatic heterocycles. The summed E-state index contributed by atoms with van der Waals surface area (Å²) in [6.07, 6.45) is 1.81. The molecule has 1 aliphatic heterocycles. The molecule has 0 unspecified atom stereocenters. The number of nitro groups is 1. The fourth-order valence-electron chi connectivity index (χ4n) is 1.86. The Morgan fingerprint density at radius 3 is 2.93 bits per heavy atom. The Hall–Kier alpha value is -1.49. The van der Waals surface area contributed by atoms with Gasteiger partial charge in [-0.2, -0.15) is 0 Å². The van der Waals surface area contributed by atoms with Crippen molar-refractivity contribution in [3.8, 4) is 0 Å². The Morgan fingerprint density at radius 2 is 2.33 bits per heavy atom. The van der Waals surface area contributed by atoms with Gasteiger partial charge in [0.05, 0.1) is 4.92 Å². The molecule has 2 rings (SSSR count). The zero-order chi connectivity index (χ0) is 10.8. The monoisotopic (exact) mass is 210 g/mol. The summed E-state index contributed by atoms with van der Waals surface area (Å²) in [5.41, 5.74) is 0.349. The smallest absolute Gasteiger partial charge is 0.269 e. The number of halogens is 1. The summed E-state index contributed by atoms with van der Waals surface area (Å²) in [6.45, 7) is 0.840. The van der Waals surface area contributed by atoms with Gasteiger partial charge in [-0.3, -0.25) is 10.1 Å². The van der Waals surface area contributed by atoms with Crippen molar-refractivity contribution < 1.29 is 9.31 Å². The van der Waals surface area contributed by atoms with Crippen molar-refractivity contribution in [1.29, 1.82) is 0 Å². The maximum absolute atomic E-state index is 13.4.